The Morgan fingerprint density at radius 2 is 1.82 bits per heavy atom. The molecule has 2 atom stereocenters. The minimum Gasteiger partial charge on any atom is -0.490 e. The molecule has 2 aromatic rings. The Morgan fingerprint density at radius 3 is 2.64 bits per heavy atom. The number of para-hydroxylation sites is 1. The van der Waals surface area contributed by atoms with Gasteiger partial charge in [-0.3, -0.25) is 14.5 Å². The monoisotopic (exact) mass is 448 g/mol. The van der Waals surface area contributed by atoms with Gasteiger partial charge in [0.15, 0.2) is 0 Å². The van der Waals surface area contributed by atoms with Crippen LogP contribution in [0.3, 0.4) is 0 Å². The summed E-state index contributed by atoms with van der Waals surface area (Å²) in [5.74, 6) is -0.0150. The highest BCUT2D eigenvalue weighted by molar-refractivity contribution is 5.98. The van der Waals surface area contributed by atoms with Gasteiger partial charge in [0.05, 0.1) is 17.0 Å². The first-order valence-corrected chi connectivity index (χ1v) is 11.9. The molecule has 0 unspecified atom stereocenters. The Kier molecular flexibility index (Phi) is 6.33. The number of likely N-dealkylation sites (tertiary alicyclic amines) is 2. The molecular formula is C26H32N4O3. The molecule has 174 valence electrons. The molecule has 3 heterocycles. The van der Waals surface area contributed by atoms with E-state index in [1.54, 1.807) is 6.07 Å². The van der Waals surface area contributed by atoms with Gasteiger partial charge in [-0.1, -0.05) is 42.5 Å². The summed E-state index contributed by atoms with van der Waals surface area (Å²) in [4.78, 5) is 31.2. The van der Waals surface area contributed by atoms with Gasteiger partial charge in [0.25, 0.3) is 5.91 Å². The lowest BCUT2D eigenvalue weighted by Crippen LogP contribution is -2.60. The van der Waals surface area contributed by atoms with E-state index in [0.29, 0.717) is 30.9 Å². The van der Waals surface area contributed by atoms with Crippen molar-refractivity contribution in [3.63, 3.8) is 0 Å². The molecule has 0 saturated carbocycles. The van der Waals surface area contributed by atoms with Gasteiger partial charge in [-0.2, -0.15) is 0 Å². The van der Waals surface area contributed by atoms with Crippen LogP contribution in [0.1, 0.15) is 28.8 Å². The Labute approximate surface area is 195 Å². The van der Waals surface area contributed by atoms with E-state index in [1.165, 1.54) is 18.4 Å². The zero-order chi connectivity index (χ0) is 22.7. The Morgan fingerprint density at radius 1 is 1.06 bits per heavy atom. The number of carbonyl (C=O) groups excluding carboxylic acids is 2. The third-order valence-corrected chi connectivity index (χ3v) is 7.08. The highest BCUT2D eigenvalue weighted by atomic mass is 16.5. The highest BCUT2D eigenvalue weighted by Crippen LogP contribution is 2.34. The number of nitrogens with zero attached hydrogens (tertiary/aromatic N) is 2. The van der Waals surface area contributed by atoms with Gasteiger partial charge >= 0.3 is 0 Å². The standard InChI is InChI=1S/C26H32N4O3/c31-24-21-10-4-5-11-23(21)33-19-26(28-24)18-30(16-20-8-2-1-3-9-20)17-22(26)25(32)27-12-15-29-13-6-7-14-29/h1-5,8-11,22H,6-7,12-19H2,(H,27,32)(H,28,31)/t22-,26-/m0/s1. The van der Waals surface area contributed by atoms with Crippen LogP contribution >= 0.6 is 0 Å². The lowest BCUT2D eigenvalue weighted by molar-refractivity contribution is -0.126. The molecule has 2 aromatic carbocycles. The van der Waals surface area contributed by atoms with Crippen molar-refractivity contribution in [1.82, 2.24) is 20.4 Å². The van der Waals surface area contributed by atoms with Gasteiger partial charge in [-0.05, 0) is 43.6 Å². The molecule has 7 heteroatoms. The first-order chi connectivity index (χ1) is 16.1. The predicted molar refractivity (Wildman–Crippen MR) is 126 cm³/mol. The number of benzene rings is 2. The van der Waals surface area contributed by atoms with Crippen LogP contribution in [0.25, 0.3) is 0 Å². The molecule has 5 rings (SSSR count). The fourth-order valence-electron chi connectivity index (χ4n) is 5.36. The SMILES string of the molecule is O=C1N[C@]2(COc3ccccc31)CN(Cc1ccccc1)C[C@H]2C(=O)NCCN1CCCC1. The molecule has 2 fully saturated rings. The summed E-state index contributed by atoms with van der Waals surface area (Å²) in [5.41, 5.74) is 0.929. The van der Waals surface area contributed by atoms with Crippen molar-refractivity contribution in [2.45, 2.75) is 24.9 Å². The number of nitrogens with one attached hydrogen (secondary N) is 2. The zero-order valence-electron chi connectivity index (χ0n) is 19.0. The van der Waals surface area contributed by atoms with E-state index in [-0.39, 0.29) is 18.4 Å². The minimum absolute atomic E-state index is 0.0142. The number of ether oxygens (including phenoxy) is 1. The summed E-state index contributed by atoms with van der Waals surface area (Å²) in [6.07, 6.45) is 2.47. The number of amides is 2. The zero-order valence-corrected chi connectivity index (χ0v) is 19.0. The molecule has 7 nitrogen and oxygen atoms in total. The van der Waals surface area contributed by atoms with Crippen molar-refractivity contribution in [2.75, 3.05) is 45.9 Å². The van der Waals surface area contributed by atoms with Crippen molar-refractivity contribution in [1.29, 1.82) is 0 Å². The topological polar surface area (TPSA) is 73.9 Å². The van der Waals surface area contributed by atoms with Crippen LogP contribution < -0.4 is 15.4 Å². The number of hydrogen-bond acceptors (Lipinski definition) is 5. The van der Waals surface area contributed by atoms with Crippen LogP contribution in [-0.2, 0) is 11.3 Å². The fourth-order valence-corrected chi connectivity index (χ4v) is 5.36. The molecule has 1 spiro atoms. The van der Waals surface area contributed by atoms with Crippen LogP contribution in [0.4, 0.5) is 0 Å². The Hall–Kier alpha value is -2.90. The average molecular weight is 449 g/mol. The first kappa shape index (κ1) is 21.9. The van der Waals surface area contributed by atoms with Gasteiger partial charge in [0, 0.05) is 32.7 Å². The van der Waals surface area contributed by atoms with E-state index < -0.39 is 11.5 Å². The molecule has 0 bridgehead atoms. The molecule has 3 aliphatic rings. The van der Waals surface area contributed by atoms with Crippen LogP contribution in [0.15, 0.2) is 54.6 Å². The number of carbonyl (C=O) groups is 2. The largest absolute Gasteiger partial charge is 0.490 e. The second-order valence-corrected chi connectivity index (χ2v) is 9.44. The Balaban J connectivity index is 1.34. The third kappa shape index (κ3) is 4.75. The van der Waals surface area contributed by atoms with Crippen molar-refractivity contribution in [2.24, 2.45) is 5.92 Å². The number of fused-ring (bicyclic) bond motifs is 1. The van der Waals surface area contributed by atoms with E-state index in [1.807, 2.05) is 36.4 Å². The van der Waals surface area contributed by atoms with Crippen LogP contribution in [0.5, 0.6) is 5.75 Å². The van der Waals surface area contributed by atoms with Gasteiger partial charge < -0.3 is 20.3 Å². The first-order valence-electron chi connectivity index (χ1n) is 11.9. The van der Waals surface area contributed by atoms with Crippen LogP contribution in [-0.4, -0.2) is 73.0 Å². The van der Waals surface area contributed by atoms with E-state index in [9.17, 15) is 9.59 Å². The summed E-state index contributed by atoms with van der Waals surface area (Å²) in [6, 6.07) is 17.5. The van der Waals surface area contributed by atoms with Crippen molar-refractivity contribution < 1.29 is 14.3 Å². The fraction of sp³-hybridized carbons (Fsp3) is 0.462. The summed E-state index contributed by atoms with van der Waals surface area (Å²) >= 11 is 0. The van der Waals surface area contributed by atoms with E-state index in [4.69, 9.17) is 4.74 Å². The van der Waals surface area contributed by atoms with Crippen LogP contribution in [0.2, 0.25) is 0 Å². The molecule has 2 saturated heterocycles. The van der Waals surface area contributed by atoms with Gasteiger partial charge in [-0.15, -0.1) is 0 Å². The van der Waals surface area contributed by atoms with Gasteiger partial charge in [0.1, 0.15) is 12.4 Å². The maximum atomic E-state index is 13.4. The van der Waals surface area contributed by atoms with Crippen molar-refractivity contribution in [3.8, 4) is 5.75 Å². The van der Waals surface area contributed by atoms with Crippen LogP contribution in [0, 0.1) is 5.92 Å². The molecule has 3 aliphatic heterocycles. The maximum Gasteiger partial charge on any atom is 0.255 e. The molecule has 0 radical (unpaired) electrons. The second-order valence-electron chi connectivity index (χ2n) is 9.44. The summed E-state index contributed by atoms with van der Waals surface area (Å²) in [6.45, 7) is 5.84. The lowest BCUT2D eigenvalue weighted by atomic mass is 9.86. The molecular weight excluding hydrogens is 416 g/mol. The predicted octanol–water partition coefficient (Wildman–Crippen LogP) is 1.89. The number of hydrogen-bond donors (Lipinski definition) is 2. The normalized spacial score (nSPS) is 25.3. The molecule has 0 aliphatic carbocycles. The minimum atomic E-state index is -0.775. The molecule has 33 heavy (non-hydrogen) atoms. The summed E-state index contributed by atoms with van der Waals surface area (Å²) in [7, 11) is 0. The molecule has 2 amide bonds. The van der Waals surface area contributed by atoms with Crippen molar-refractivity contribution >= 4 is 11.8 Å². The summed E-state index contributed by atoms with van der Waals surface area (Å²) < 4.78 is 6.12. The van der Waals surface area contributed by atoms with Crippen molar-refractivity contribution in [3.05, 3.63) is 65.7 Å². The number of rotatable bonds is 6. The van der Waals surface area contributed by atoms with Gasteiger partial charge in [0.2, 0.25) is 5.91 Å². The average Bonchev–Trinajstić information content (AvgIpc) is 3.43. The highest BCUT2D eigenvalue weighted by Gasteiger charge is 2.53. The maximum absolute atomic E-state index is 13.4. The summed E-state index contributed by atoms with van der Waals surface area (Å²) in [5, 5.41) is 6.36. The molecule has 0 aromatic heterocycles. The smallest absolute Gasteiger partial charge is 0.255 e. The van der Waals surface area contributed by atoms with E-state index in [2.05, 4.69) is 32.6 Å². The second kappa shape index (κ2) is 9.53. The van der Waals surface area contributed by atoms with E-state index >= 15 is 0 Å². The van der Waals surface area contributed by atoms with E-state index in [0.717, 1.165) is 26.2 Å². The Bertz CT molecular complexity index is 992. The molecule has 2 N–H and O–H groups in total. The lowest BCUT2D eigenvalue weighted by Gasteiger charge is -2.33. The third-order valence-electron chi connectivity index (χ3n) is 7.08. The van der Waals surface area contributed by atoms with Gasteiger partial charge in [-0.25, -0.2) is 0 Å². The quantitative estimate of drug-likeness (QED) is 0.706.